The molecule has 1 aliphatic heterocycles. The summed E-state index contributed by atoms with van der Waals surface area (Å²) in [5.41, 5.74) is 2.06. The number of urea groups is 1. The smallest absolute Gasteiger partial charge is 0.315 e. The fourth-order valence-electron chi connectivity index (χ4n) is 2.86. The Morgan fingerprint density at radius 3 is 2.42 bits per heavy atom. The fourth-order valence-corrected chi connectivity index (χ4v) is 2.86. The van der Waals surface area contributed by atoms with Gasteiger partial charge in [0.1, 0.15) is 0 Å². The molecule has 0 radical (unpaired) electrons. The van der Waals surface area contributed by atoms with E-state index >= 15 is 0 Å². The van der Waals surface area contributed by atoms with Crippen LogP contribution in [0.5, 0.6) is 0 Å². The lowest BCUT2D eigenvalue weighted by molar-refractivity contribution is -0.117. The number of nitrogens with one attached hydrogen (secondary N) is 2. The Morgan fingerprint density at radius 2 is 1.71 bits per heavy atom. The van der Waals surface area contributed by atoms with Gasteiger partial charge in [-0.15, -0.1) is 0 Å². The summed E-state index contributed by atoms with van der Waals surface area (Å²) in [6.45, 7) is 1.08. The molecule has 3 amide bonds. The number of rotatable bonds is 5. The van der Waals surface area contributed by atoms with E-state index in [-0.39, 0.29) is 18.0 Å². The van der Waals surface area contributed by atoms with Crippen LogP contribution >= 0.6 is 0 Å². The van der Waals surface area contributed by atoms with Gasteiger partial charge in [0.05, 0.1) is 6.04 Å². The number of anilines is 1. The van der Waals surface area contributed by atoms with Crippen molar-refractivity contribution in [2.75, 3.05) is 18.0 Å². The first-order chi connectivity index (χ1) is 11.7. The Labute approximate surface area is 141 Å². The van der Waals surface area contributed by atoms with Crippen LogP contribution in [-0.4, -0.2) is 31.1 Å². The van der Waals surface area contributed by atoms with Crippen LogP contribution in [-0.2, 0) is 11.2 Å². The van der Waals surface area contributed by atoms with Gasteiger partial charge in [-0.25, -0.2) is 4.79 Å². The van der Waals surface area contributed by atoms with Gasteiger partial charge in [-0.3, -0.25) is 4.79 Å². The molecule has 2 aromatic carbocycles. The average molecular weight is 323 g/mol. The maximum Gasteiger partial charge on any atom is 0.315 e. The molecule has 1 heterocycles. The van der Waals surface area contributed by atoms with E-state index in [0.717, 1.165) is 12.1 Å². The van der Waals surface area contributed by atoms with E-state index in [2.05, 4.69) is 10.6 Å². The van der Waals surface area contributed by atoms with Crippen LogP contribution in [0.15, 0.2) is 60.7 Å². The lowest BCUT2D eigenvalue weighted by Gasteiger charge is -2.17. The summed E-state index contributed by atoms with van der Waals surface area (Å²) in [7, 11) is 0. The lowest BCUT2D eigenvalue weighted by atomic mass is 10.1. The molecule has 124 valence electrons. The number of benzene rings is 2. The van der Waals surface area contributed by atoms with Crippen LogP contribution in [0.4, 0.5) is 10.5 Å². The van der Waals surface area contributed by atoms with E-state index in [1.165, 1.54) is 5.56 Å². The van der Waals surface area contributed by atoms with Crippen molar-refractivity contribution < 1.29 is 9.59 Å². The predicted molar refractivity (Wildman–Crippen MR) is 93.9 cm³/mol. The normalized spacial score (nSPS) is 16.9. The Hall–Kier alpha value is -2.82. The molecule has 0 unspecified atom stereocenters. The highest BCUT2D eigenvalue weighted by atomic mass is 16.2. The molecule has 5 heteroatoms. The fraction of sp³-hybridized carbons (Fsp3) is 0.263. The zero-order valence-electron chi connectivity index (χ0n) is 13.4. The molecule has 0 aliphatic carbocycles. The van der Waals surface area contributed by atoms with Crippen LogP contribution in [0.25, 0.3) is 0 Å². The first-order valence-corrected chi connectivity index (χ1v) is 8.16. The predicted octanol–water partition coefficient (Wildman–Crippen LogP) is 2.33. The van der Waals surface area contributed by atoms with Gasteiger partial charge < -0.3 is 15.5 Å². The van der Waals surface area contributed by atoms with E-state index in [4.69, 9.17) is 0 Å². The summed E-state index contributed by atoms with van der Waals surface area (Å²) in [6.07, 6.45) is 1.12. The minimum absolute atomic E-state index is 0.0378. The molecule has 1 fully saturated rings. The second kappa shape index (κ2) is 7.64. The minimum atomic E-state index is -0.223. The van der Waals surface area contributed by atoms with Gasteiger partial charge in [-0.1, -0.05) is 48.5 Å². The van der Waals surface area contributed by atoms with Crippen molar-refractivity contribution in [1.29, 1.82) is 0 Å². The molecule has 24 heavy (non-hydrogen) atoms. The summed E-state index contributed by atoms with van der Waals surface area (Å²) in [5.74, 6) is 0.0378. The number of nitrogens with zero attached hydrogens (tertiary/aromatic N) is 1. The van der Waals surface area contributed by atoms with Crippen LogP contribution < -0.4 is 15.5 Å². The van der Waals surface area contributed by atoms with E-state index in [1.807, 2.05) is 60.7 Å². The van der Waals surface area contributed by atoms with E-state index in [9.17, 15) is 9.59 Å². The van der Waals surface area contributed by atoms with Crippen molar-refractivity contribution in [2.45, 2.75) is 18.9 Å². The average Bonchev–Trinajstić information content (AvgIpc) is 2.97. The Kier molecular flexibility index (Phi) is 5.11. The Bertz CT molecular complexity index is 688. The maximum atomic E-state index is 12.1. The van der Waals surface area contributed by atoms with Gasteiger partial charge >= 0.3 is 6.03 Å². The van der Waals surface area contributed by atoms with Gasteiger partial charge in [-0.05, 0) is 24.1 Å². The van der Waals surface area contributed by atoms with Crippen LogP contribution in [0, 0.1) is 0 Å². The number of amides is 3. The third-order valence-corrected chi connectivity index (χ3v) is 4.07. The molecule has 0 bridgehead atoms. The van der Waals surface area contributed by atoms with Gasteiger partial charge in [-0.2, -0.15) is 0 Å². The zero-order chi connectivity index (χ0) is 16.8. The summed E-state index contributed by atoms with van der Waals surface area (Å²) < 4.78 is 0. The third kappa shape index (κ3) is 4.13. The molecule has 5 nitrogen and oxygen atoms in total. The van der Waals surface area contributed by atoms with Crippen LogP contribution in [0.3, 0.4) is 0 Å². The minimum Gasteiger partial charge on any atom is -0.338 e. The second-order valence-corrected chi connectivity index (χ2v) is 5.88. The molecular formula is C19H21N3O2. The summed E-state index contributed by atoms with van der Waals surface area (Å²) in [5, 5.41) is 5.73. The van der Waals surface area contributed by atoms with Gasteiger partial charge in [0.15, 0.2) is 0 Å². The van der Waals surface area contributed by atoms with E-state index in [1.54, 1.807) is 4.90 Å². The number of carbonyl (C=O) groups is 2. The lowest BCUT2D eigenvalue weighted by Crippen LogP contribution is -2.43. The molecular weight excluding hydrogens is 302 g/mol. The van der Waals surface area contributed by atoms with Crippen LogP contribution in [0.1, 0.15) is 12.0 Å². The van der Waals surface area contributed by atoms with Crippen molar-refractivity contribution in [3.8, 4) is 0 Å². The van der Waals surface area contributed by atoms with Gasteiger partial charge in [0, 0.05) is 25.2 Å². The quantitative estimate of drug-likeness (QED) is 0.887. The van der Waals surface area contributed by atoms with Crippen molar-refractivity contribution in [1.82, 2.24) is 10.6 Å². The SMILES string of the molecule is O=C(NCCc1ccccc1)N[C@@H]1CC(=O)N(c2ccccc2)C1. The molecule has 0 spiro atoms. The number of hydrogen-bond acceptors (Lipinski definition) is 2. The largest absolute Gasteiger partial charge is 0.338 e. The maximum absolute atomic E-state index is 12.1. The second-order valence-electron chi connectivity index (χ2n) is 5.88. The highest BCUT2D eigenvalue weighted by molar-refractivity contribution is 5.96. The molecule has 2 N–H and O–H groups in total. The number of carbonyl (C=O) groups excluding carboxylic acids is 2. The van der Waals surface area contributed by atoms with Crippen molar-refractivity contribution in [3.05, 3.63) is 66.2 Å². The highest BCUT2D eigenvalue weighted by Gasteiger charge is 2.31. The topological polar surface area (TPSA) is 61.4 Å². The molecule has 1 saturated heterocycles. The molecule has 1 atom stereocenters. The van der Waals surface area contributed by atoms with Crippen molar-refractivity contribution >= 4 is 17.6 Å². The Morgan fingerprint density at radius 1 is 1.04 bits per heavy atom. The number of para-hydroxylation sites is 1. The summed E-state index contributed by atoms with van der Waals surface area (Å²) in [6, 6.07) is 19.2. The summed E-state index contributed by atoms with van der Waals surface area (Å²) in [4.78, 5) is 25.8. The standard InChI is InChI=1S/C19H21N3O2/c23-18-13-16(14-22(18)17-9-5-2-6-10-17)21-19(24)20-12-11-15-7-3-1-4-8-15/h1-10,16H,11-14H2,(H2,20,21,24)/t16-/m1/s1. The monoisotopic (exact) mass is 323 g/mol. The first kappa shape index (κ1) is 16.1. The van der Waals surface area contributed by atoms with Gasteiger partial charge in [0.25, 0.3) is 0 Å². The van der Waals surface area contributed by atoms with Crippen LogP contribution in [0.2, 0.25) is 0 Å². The molecule has 0 saturated carbocycles. The molecule has 1 aliphatic rings. The zero-order valence-corrected chi connectivity index (χ0v) is 13.4. The number of hydrogen-bond donors (Lipinski definition) is 2. The third-order valence-electron chi connectivity index (χ3n) is 4.07. The Balaban J connectivity index is 1.45. The molecule has 3 rings (SSSR count). The molecule has 0 aromatic heterocycles. The first-order valence-electron chi connectivity index (χ1n) is 8.16. The van der Waals surface area contributed by atoms with E-state index < -0.39 is 0 Å². The highest BCUT2D eigenvalue weighted by Crippen LogP contribution is 2.20. The molecule has 2 aromatic rings. The van der Waals surface area contributed by atoms with Crippen molar-refractivity contribution in [2.24, 2.45) is 0 Å². The van der Waals surface area contributed by atoms with Crippen molar-refractivity contribution in [3.63, 3.8) is 0 Å². The summed E-state index contributed by atoms with van der Waals surface area (Å²) >= 11 is 0. The van der Waals surface area contributed by atoms with Gasteiger partial charge in [0.2, 0.25) is 5.91 Å². The van der Waals surface area contributed by atoms with E-state index in [0.29, 0.717) is 19.5 Å².